The minimum atomic E-state index is -2.72. The number of fused-ring (bicyclic) bond motifs is 1. The van der Waals surface area contributed by atoms with E-state index in [0.29, 0.717) is 82.4 Å². The maximum absolute atomic E-state index is 15.3. The van der Waals surface area contributed by atoms with E-state index in [1.807, 2.05) is 33.8 Å². The van der Waals surface area contributed by atoms with Gasteiger partial charge in [-0.3, -0.25) is 18.4 Å². The van der Waals surface area contributed by atoms with E-state index in [1.165, 1.54) is 44.7 Å². The topological polar surface area (TPSA) is 162 Å². The maximum Gasteiger partial charge on any atom is 0.269 e. The predicted molar refractivity (Wildman–Crippen MR) is 283 cm³/mol. The summed E-state index contributed by atoms with van der Waals surface area (Å²) >= 11 is 6.71. The molecule has 0 bridgehead atoms. The molecule has 2 aliphatic rings. The molecule has 2 aromatic carbocycles. The van der Waals surface area contributed by atoms with Crippen molar-refractivity contribution < 1.29 is 36.0 Å². The van der Waals surface area contributed by atoms with Gasteiger partial charge in [0, 0.05) is 104 Å². The second-order valence-corrected chi connectivity index (χ2v) is 21.0. The molecular formula is C54H79ClF4N6O5S. The van der Waals surface area contributed by atoms with Crippen LogP contribution in [0.15, 0.2) is 41.2 Å². The van der Waals surface area contributed by atoms with E-state index in [0.717, 1.165) is 38.4 Å². The Balaban J connectivity index is 0.000000673. The van der Waals surface area contributed by atoms with Gasteiger partial charge in [0.25, 0.3) is 5.56 Å². The lowest BCUT2D eigenvalue weighted by Crippen LogP contribution is -2.30. The number of nitrogens with one attached hydrogen (secondary N) is 2. The number of ether oxygens (including phenoxy) is 2. The van der Waals surface area contributed by atoms with Crippen LogP contribution in [0.4, 0.5) is 23.2 Å². The molecule has 1 atom stereocenters. The third-order valence-electron chi connectivity index (χ3n) is 12.7. The molecule has 0 spiro atoms. The molecule has 6 rings (SSSR count). The number of carbonyl (C=O) groups is 1. The van der Waals surface area contributed by atoms with Crippen LogP contribution in [0, 0.1) is 35.8 Å². The molecule has 0 radical (unpaired) electrons. The summed E-state index contributed by atoms with van der Waals surface area (Å²) in [7, 11) is 1.14. The number of hydrogen-bond donors (Lipinski definition) is 3. The third kappa shape index (κ3) is 19.7. The summed E-state index contributed by atoms with van der Waals surface area (Å²) in [5, 5.41) is 13.0. The highest BCUT2D eigenvalue weighted by molar-refractivity contribution is 7.83. The van der Waals surface area contributed by atoms with Gasteiger partial charge >= 0.3 is 0 Å². The van der Waals surface area contributed by atoms with Crippen molar-refractivity contribution in [2.75, 3.05) is 57.8 Å². The fraction of sp³-hybridized carbons (Fsp3) is 0.611. The molecule has 71 heavy (non-hydrogen) atoms. The number of nitrogens with two attached hydrogens (primary N) is 1. The summed E-state index contributed by atoms with van der Waals surface area (Å²) in [5.41, 5.74) is 8.18. The molecule has 1 aliphatic heterocycles. The molecule has 4 aromatic rings. The molecule has 0 amide bonds. The van der Waals surface area contributed by atoms with E-state index in [1.54, 1.807) is 36.3 Å². The molecule has 2 fully saturated rings. The van der Waals surface area contributed by atoms with E-state index in [2.05, 4.69) is 12.2 Å². The van der Waals surface area contributed by atoms with E-state index in [9.17, 15) is 26.6 Å². The lowest BCUT2D eigenvalue weighted by atomic mass is 9.84. The highest BCUT2D eigenvalue weighted by Gasteiger charge is 2.37. The van der Waals surface area contributed by atoms with Gasteiger partial charge in [-0.1, -0.05) is 65.0 Å². The monoisotopic (exact) mass is 1030 g/mol. The minimum absolute atomic E-state index is 0.0324. The quantitative estimate of drug-likeness (QED) is 0.0471. The zero-order valence-corrected chi connectivity index (χ0v) is 45.0. The summed E-state index contributed by atoms with van der Waals surface area (Å²) in [6.45, 7) is 14.5. The van der Waals surface area contributed by atoms with Crippen LogP contribution in [-0.2, 0) is 31.5 Å². The Hall–Kier alpha value is -4.09. The van der Waals surface area contributed by atoms with Crippen molar-refractivity contribution in [1.29, 1.82) is 5.41 Å². The fourth-order valence-electron chi connectivity index (χ4n) is 8.77. The Morgan fingerprint density at radius 3 is 2.18 bits per heavy atom. The van der Waals surface area contributed by atoms with Crippen LogP contribution < -0.4 is 16.6 Å². The summed E-state index contributed by atoms with van der Waals surface area (Å²) < 4.78 is 79.1. The predicted octanol–water partition coefficient (Wildman–Crippen LogP) is 12.4. The number of nitrogens with zero attached hydrogens (tertiary/aromatic N) is 3. The molecule has 396 valence electrons. The van der Waals surface area contributed by atoms with Crippen LogP contribution in [-0.4, -0.2) is 88.7 Å². The van der Waals surface area contributed by atoms with Gasteiger partial charge in [-0.2, -0.15) is 0 Å². The SMILES string of the molecule is CC(=O)CN.CCCC(=N)c1c(Cl)ccc(-n2c(C(Cc3cc(F)cc(F)c3)C(C)C)nc3nc(C4CCC(F)(F)CC4)cc(NCCC4CCOCC4)c3c2=O)c1C.CCCCCCOC.CS(C)=O. The largest absolute Gasteiger partial charge is 0.385 e. The summed E-state index contributed by atoms with van der Waals surface area (Å²) in [6, 6.07) is 8.67. The molecule has 2 aromatic heterocycles. The van der Waals surface area contributed by atoms with Gasteiger partial charge in [0.1, 0.15) is 28.6 Å². The van der Waals surface area contributed by atoms with Crippen molar-refractivity contribution in [3.05, 3.63) is 91.6 Å². The Labute approximate surface area is 426 Å². The normalized spacial score (nSPS) is 15.3. The van der Waals surface area contributed by atoms with Crippen molar-refractivity contribution >= 4 is 50.6 Å². The van der Waals surface area contributed by atoms with Crippen LogP contribution in [0.1, 0.15) is 158 Å². The number of hydrogen-bond acceptors (Lipinski definition) is 10. The Morgan fingerprint density at radius 2 is 1.63 bits per heavy atom. The van der Waals surface area contributed by atoms with Crippen molar-refractivity contribution in [2.45, 2.75) is 149 Å². The van der Waals surface area contributed by atoms with E-state index in [4.69, 9.17) is 42.2 Å². The molecule has 1 unspecified atom stereocenters. The first kappa shape index (κ1) is 61.2. The number of carbonyl (C=O) groups excluding carboxylic acids is 1. The number of unbranched alkanes of at least 4 members (excludes halogenated alkanes) is 3. The number of alkyl halides is 2. The van der Waals surface area contributed by atoms with E-state index < -0.39 is 39.8 Å². The molecule has 1 saturated carbocycles. The number of pyridine rings is 1. The fourth-order valence-corrected chi connectivity index (χ4v) is 9.08. The molecule has 1 aliphatic carbocycles. The molecular weight excluding hydrogens is 956 g/mol. The lowest BCUT2D eigenvalue weighted by molar-refractivity contribution is -0.115. The summed E-state index contributed by atoms with van der Waals surface area (Å²) in [5.74, 6) is -4.19. The minimum Gasteiger partial charge on any atom is -0.385 e. The van der Waals surface area contributed by atoms with E-state index in [-0.39, 0.29) is 67.3 Å². The van der Waals surface area contributed by atoms with Gasteiger partial charge in [-0.25, -0.2) is 27.5 Å². The Kier molecular flexibility index (Phi) is 26.6. The number of rotatable bonds is 19. The molecule has 4 N–H and O–H groups in total. The van der Waals surface area contributed by atoms with Crippen molar-refractivity contribution in [1.82, 2.24) is 14.5 Å². The number of Topliss-reactive ketones (excluding diaryl/α,β-unsaturated/α-hetero) is 1. The standard InChI is InChI=1S/C42H50ClF4N5O2.C7H16O.C3H7NO.C2H6OS/c1-5-6-33(48)37-25(4)36(8-7-32(37)43)52-40(31(24(2)3)21-27-19-29(44)22-30(45)20-27)51-39-38(41(52)53)35(49-16-11-26-12-17-54-18-13-26)23-34(50-39)28-9-14-42(46,47)15-10-28;1-3-4-5-6-7-8-2;1-3(5)2-4;1-4(2)3/h7-8,19-20,22-24,26,28,31,48H,5-6,9-18,21H2,1-4H3,(H,49,50);3-7H2,1-2H3;2,4H2,1H3;1-2H3. The van der Waals surface area contributed by atoms with Crippen molar-refractivity contribution in [2.24, 2.45) is 17.6 Å². The van der Waals surface area contributed by atoms with Crippen LogP contribution in [0.2, 0.25) is 5.02 Å². The van der Waals surface area contributed by atoms with Crippen LogP contribution in [0.5, 0.6) is 0 Å². The lowest BCUT2D eigenvalue weighted by Gasteiger charge is -2.29. The van der Waals surface area contributed by atoms with Crippen LogP contribution in [0.3, 0.4) is 0 Å². The molecule has 17 heteroatoms. The highest BCUT2D eigenvalue weighted by atomic mass is 35.5. The average Bonchev–Trinajstić information content (AvgIpc) is 3.30. The van der Waals surface area contributed by atoms with Gasteiger partial charge in [0.2, 0.25) is 5.92 Å². The zero-order chi connectivity index (χ0) is 52.8. The second-order valence-electron chi connectivity index (χ2n) is 19.1. The van der Waals surface area contributed by atoms with Crippen molar-refractivity contribution in [3.8, 4) is 5.69 Å². The number of halogens is 5. The van der Waals surface area contributed by atoms with E-state index >= 15 is 4.79 Å². The number of aromatic nitrogens is 3. The zero-order valence-electron chi connectivity index (χ0n) is 43.5. The smallest absolute Gasteiger partial charge is 0.269 e. The second kappa shape index (κ2) is 30.8. The number of ketones is 1. The van der Waals surface area contributed by atoms with Gasteiger partial charge in [-0.15, -0.1) is 0 Å². The number of methoxy groups -OCH3 is 1. The van der Waals surface area contributed by atoms with Crippen molar-refractivity contribution in [3.63, 3.8) is 0 Å². The average molecular weight is 1040 g/mol. The molecule has 11 nitrogen and oxygen atoms in total. The van der Waals surface area contributed by atoms with Crippen LogP contribution >= 0.6 is 11.6 Å². The number of benzene rings is 2. The van der Waals surface area contributed by atoms with Crippen LogP contribution in [0.25, 0.3) is 16.7 Å². The summed E-state index contributed by atoms with van der Waals surface area (Å²) in [6.07, 6.45) is 12.7. The molecule has 1 saturated heterocycles. The Bertz CT molecular complexity index is 2370. The first-order chi connectivity index (χ1) is 33.7. The Morgan fingerprint density at radius 1 is 1.01 bits per heavy atom. The first-order valence-electron chi connectivity index (χ1n) is 25.1. The van der Waals surface area contributed by atoms with Gasteiger partial charge in [-0.05, 0) is 119 Å². The number of anilines is 1. The van der Waals surface area contributed by atoms with Gasteiger partial charge < -0.3 is 25.9 Å². The van der Waals surface area contributed by atoms with Gasteiger partial charge in [0.05, 0.1) is 22.9 Å². The third-order valence-corrected chi connectivity index (χ3v) is 13.0. The van der Waals surface area contributed by atoms with Gasteiger partial charge in [0.15, 0.2) is 5.65 Å². The maximum atomic E-state index is 15.3. The highest BCUT2D eigenvalue weighted by Crippen LogP contribution is 2.42. The first-order valence-corrected chi connectivity index (χ1v) is 27.4. The summed E-state index contributed by atoms with van der Waals surface area (Å²) in [4.78, 5) is 35.1. The molecule has 3 heterocycles.